The Kier molecular flexibility index (Phi) is 4.02. The number of carbonyl (C=O) groups excluding carboxylic acids is 1. The molecule has 1 aromatic carbocycles. The molecule has 1 heterocycles. The monoisotopic (exact) mass is 244 g/mol. The number of H-pyrrole nitrogens is 1. The summed E-state index contributed by atoms with van der Waals surface area (Å²) in [5.41, 5.74) is 1.85. The zero-order valence-electron chi connectivity index (χ0n) is 10.3. The third kappa shape index (κ3) is 3.38. The number of aromatic nitrogens is 1. The number of carbonyl (C=O) groups is 1. The molecule has 4 nitrogen and oxygen atoms in total. The summed E-state index contributed by atoms with van der Waals surface area (Å²) in [5.74, 6) is 0.786. The molecule has 1 amide bonds. The van der Waals surface area contributed by atoms with E-state index in [2.05, 4.69) is 10.3 Å². The fraction of sp³-hybridized carbons (Fsp3) is 0.214. The third-order valence-electron chi connectivity index (χ3n) is 2.66. The number of aromatic amines is 1. The molecule has 4 heteroatoms. The number of ether oxygens (including phenoxy) is 1. The lowest BCUT2D eigenvalue weighted by Gasteiger charge is -2.05. The maximum atomic E-state index is 11.7. The van der Waals surface area contributed by atoms with Gasteiger partial charge in [-0.3, -0.25) is 4.79 Å². The number of rotatable bonds is 5. The number of nitrogens with one attached hydrogen (secondary N) is 2. The number of hydrogen-bond acceptors (Lipinski definition) is 2. The van der Waals surface area contributed by atoms with Gasteiger partial charge in [0.2, 0.25) is 5.91 Å². The smallest absolute Gasteiger partial charge is 0.224 e. The molecule has 0 fully saturated rings. The van der Waals surface area contributed by atoms with Gasteiger partial charge in [-0.25, -0.2) is 0 Å². The van der Waals surface area contributed by atoms with Crippen LogP contribution in [0.5, 0.6) is 5.75 Å². The number of aryl methyl sites for hydroxylation is 1. The van der Waals surface area contributed by atoms with Gasteiger partial charge in [-0.15, -0.1) is 0 Å². The average Bonchev–Trinajstić information content (AvgIpc) is 2.90. The molecule has 2 aromatic rings. The first-order chi connectivity index (χ1) is 8.78. The minimum atomic E-state index is 0.00904. The van der Waals surface area contributed by atoms with E-state index in [-0.39, 0.29) is 5.91 Å². The highest BCUT2D eigenvalue weighted by molar-refractivity contribution is 5.90. The highest BCUT2D eigenvalue weighted by atomic mass is 16.5. The van der Waals surface area contributed by atoms with E-state index in [1.165, 1.54) is 0 Å². The molecule has 0 aliphatic heterocycles. The van der Waals surface area contributed by atoms with E-state index in [1.54, 1.807) is 7.11 Å². The number of anilines is 1. The maximum absolute atomic E-state index is 11.7. The van der Waals surface area contributed by atoms with Crippen LogP contribution in [0.2, 0.25) is 0 Å². The Morgan fingerprint density at radius 3 is 2.67 bits per heavy atom. The summed E-state index contributed by atoms with van der Waals surface area (Å²) in [5, 5.41) is 2.85. The normalized spacial score (nSPS) is 10.1. The van der Waals surface area contributed by atoms with Gasteiger partial charge in [0.15, 0.2) is 0 Å². The lowest BCUT2D eigenvalue weighted by Crippen LogP contribution is -2.12. The van der Waals surface area contributed by atoms with Gasteiger partial charge in [0.25, 0.3) is 0 Å². The van der Waals surface area contributed by atoms with Crippen LogP contribution in [-0.4, -0.2) is 18.0 Å². The van der Waals surface area contributed by atoms with Crippen molar-refractivity contribution in [2.75, 3.05) is 12.4 Å². The molecule has 18 heavy (non-hydrogen) atoms. The lowest BCUT2D eigenvalue weighted by atomic mass is 10.2. The van der Waals surface area contributed by atoms with Crippen molar-refractivity contribution in [1.29, 1.82) is 0 Å². The molecule has 94 valence electrons. The van der Waals surface area contributed by atoms with Crippen molar-refractivity contribution in [3.8, 4) is 5.75 Å². The molecule has 0 saturated carbocycles. The Morgan fingerprint density at radius 1 is 1.28 bits per heavy atom. The van der Waals surface area contributed by atoms with Crippen LogP contribution < -0.4 is 10.1 Å². The SMILES string of the molecule is COc1ccc(NC(=O)CCc2ccc[nH]2)cc1. The summed E-state index contributed by atoms with van der Waals surface area (Å²) >= 11 is 0. The van der Waals surface area contributed by atoms with E-state index in [0.717, 1.165) is 23.6 Å². The van der Waals surface area contributed by atoms with E-state index in [0.29, 0.717) is 6.42 Å². The minimum Gasteiger partial charge on any atom is -0.497 e. The van der Waals surface area contributed by atoms with Crippen LogP contribution in [0, 0.1) is 0 Å². The van der Waals surface area contributed by atoms with Gasteiger partial charge in [-0.2, -0.15) is 0 Å². The molecule has 1 aromatic heterocycles. The van der Waals surface area contributed by atoms with Gasteiger partial charge in [0.1, 0.15) is 5.75 Å². The standard InChI is InChI=1S/C14H16N2O2/c1-18-13-7-4-12(5-8-13)16-14(17)9-6-11-3-2-10-15-11/h2-5,7-8,10,15H,6,9H2,1H3,(H,16,17). The van der Waals surface area contributed by atoms with Crippen molar-refractivity contribution < 1.29 is 9.53 Å². The summed E-state index contributed by atoms with van der Waals surface area (Å²) in [6.07, 6.45) is 3.04. The molecule has 2 rings (SSSR count). The Balaban J connectivity index is 1.83. The van der Waals surface area contributed by atoms with E-state index in [9.17, 15) is 4.79 Å². The van der Waals surface area contributed by atoms with Crippen LogP contribution in [0.15, 0.2) is 42.6 Å². The number of amides is 1. The average molecular weight is 244 g/mol. The molecule has 2 N–H and O–H groups in total. The van der Waals surface area contributed by atoms with Crippen LogP contribution in [0.1, 0.15) is 12.1 Å². The third-order valence-corrected chi connectivity index (χ3v) is 2.66. The second-order valence-corrected chi connectivity index (χ2v) is 3.97. The summed E-state index contributed by atoms with van der Waals surface area (Å²) in [4.78, 5) is 14.8. The molecule has 0 aliphatic carbocycles. The second kappa shape index (κ2) is 5.91. The van der Waals surface area contributed by atoms with Crippen molar-refractivity contribution in [2.45, 2.75) is 12.8 Å². The van der Waals surface area contributed by atoms with Crippen molar-refractivity contribution in [2.24, 2.45) is 0 Å². The Bertz CT molecular complexity index is 489. The van der Waals surface area contributed by atoms with E-state index < -0.39 is 0 Å². The van der Waals surface area contributed by atoms with Gasteiger partial charge >= 0.3 is 0 Å². The van der Waals surface area contributed by atoms with E-state index in [4.69, 9.17) is 4.74 Å². The van der Waals surface area contributed by atoms with Crippen molar-refractivity contribution in [3.05, 3.63) is 48.3 Å². The first-order valence-corrected chi connectivity index (χ1v) is 5.84. The number of methoxy groups -OCH3 is 1. The lowest BCUT2D eigenvalue weighted by molar-refractivity contribution is -0.116. The van der Waals surface area contributed by atoms with Crippen LogP contribution >= 0.6 is 0 Å². The fourth-order valence-electron chi connectivity index (χ4n) is 1.67. The largest absolute Gasteiger partial charge is 0.497 e. The first kappa shape index (κ1) is 12.2. The summed E-state index contributed by atoms with van der Waals surface area (Å²) in [6.45, 7) is 0. The van der Waals surface area contributed by atoms with Crippen LogP contribution in [-0.2, 0) is 11.2 Å². The minimum absolute atomic E-state index is 0.00904. The van der Waals surface area contributed by atoms with Gasteiger partial charge in [0, 0.05) is 24.0 Å². The molecule has 0 unspecified atom stereocenters. The molecule has 0 atom stereocenters. The number of benzene rings is 1. The first-order valence-electron chi connectivity index (χ1n) is 5.84. The molecule has 0 bridgehead atoms. The Morgan fingerprint density at radius 2 is 2.06 bits per heavy atom. The molecule has 0 aliphatic rings. The molecular formula is C14H16N2O2. The zero-order chi connectivity index (χ0) is 12.8. The zero-order valence-corrected chi connectivity index (χ0v) is 10.3. The predicted molar refractivity (Wildman–Crippen MR) is 70.7 cm³/mol. The topological polar surface area (TPSA) is 54.1 Å². The van der Waals surface area contributed by atoms with Gasteiger partial charge in [0.05, 0.1) is 7.11 Å². The number of hydrogen-bond donors (Lipinski definition) is 2. The Labute approximate surface area is 106 Å². The van der Waals surface area contributed by atoms with Crippen molar-refractivity contribution >= 4 is 11.6 Å². The molecule has 0 saturated heterocycles. The van der Waals surface area contributed by atoms with Gasteiger partial charge in [-0.1, -0.05) is 0 Å². The van der Waals surface area contributed by atoms with E-state index >= 15 is 0 Å². The Hall–Kier alpha value is -2.23. The van der Waals surface area contributed by atoms with Gasteiger partial charge < -0.3 is 15.0 Å². The maximum Gasteiger partial charge on any atom is 0.224 e. The van der Waals surface area contributed by atoms with Crippen molar-refractivity contribution in [1.82, 2.24) is 4.98 Å². The molecule has 0 spiro atoms. The molecular weight excluding hydrogens is 228 g/mol. The van der Waals surface area contributed by atoms with Gasteiger partial charge in [-0.05, 0) is 42.8 Å². The van der Waals surface area contributed by atoms with Crippen LogP contribution in [0.3, 0.4) is 0 Å². The molecule has 0 radical (unpaired) electrons. The summed E-state index contributed by atoms with van der Waals surface area (Å²) in [7, 11) is 1.62. The van der Waals surface area contributed by atoms with Crippen LogP contribution in [0.4, 0.5) is 5.69 Å². The highest BCUT2D eigenvalue weighted by Crippen LogP contribution is 2.15. The fourth-order valence-corrected chi connectivity index (χ4v) is 1.67. The quantitative estimate of drug-likeness (QED) is 0.849. The summed E-state index contributed by atoms with van der Waals surface area (Å²) < 4.78 is 5.05. The predicted octanol–water partition coefficient (Wildman–Crippen LogP) is 2.59. The van der Waals surface area contributed by atoms with Crippen LogP contribution in [0.25, 0.3) is 0 Å². The highest BCUT2D eigenvalue weighted by Gasteiger charge is 2.03. The van der Waals surface area contributed by atoms with Crippen molar-refractivity contribution in [3.63, 3.8) is 0 Å². The second-order valence-electron chi connectivity index (χ2n) is 3.97. The summed E-state index contributed by atoms with van der Waals surface area (Å²) in [6, 6.07) is 11.2. The van der Waals surface area contributed by atoms with E-state index in [1.807, 2.05) is 42.6 Å².